The van der Waals surface area contributed by atoms with Gasteiger partial charge in [0.15, 0.2) is 0 Å². The van der Waals surface area contributed by atoms with E-state index in [2.05, 4.69) is 37.9 Å². The van der Waals surface area contributed by atoms with Gasteiger partial charge in [-0.3, -0.25) is 4.90 Å². The van der Waals surface area contributed by atoms with Crippen LogP contribution in [0.3, 0.4) is 0 Å². The van der Waals surface area contributed by atoms with Crippen molar-refractivity contribution in [3.8, 4) is 0 Å². The van der Waals surface area contributed by atoms with Crippen LogP contribution in [0.5, 0.6) is 0 Å². The van der Waals surface area contributed by atoms with E-state index in [1.165, 1.54) is 0 Å². The second-order valence-electron chi connectivity index (χ2n) is 6.27. The van der Waals surface area contributed by atoms with Gasteiger partial charge in [0.05, 0.1) is 12.7 Å². The fraction of sp³-hybridized carbons (Fsp3) is 1.00. The summed E-state index contributed by atoms with van der Waals surface area (Å²) < 4.78 is 11.1. The number of ether oxygens (including phenoxy) is 2. The molecule has 0 radical (unpaired) electrons. The molecular formula is C14H30N2O2. The van der Waals surface area contributed by atoms with Crippen LogP contribution in [0.25, 0.3) is 0 Å². The number of rotatable bonds is 5. The van der Waals surface area contributed by atoms with Crippen molar-refractivity contribution >= 4 is 0 Å². The average Bonchev–Trinajstić information content (AvgIpc) is 2.48. The Morgan fingerprint density at radius 1 is 1.44 bits per heavy atom. The molecule has 1 saturated heterocycles. The van der Waals surface area contributed by atoms with Gasteiger partial charge in [-0.1, -0.05) is 0 Å². The lowest BCUT2D eigenvalue weighted by Gasteiger charge is -2.33. The van der Waals surface area contributed by atoms with Crippen LogP contribution in [0.2, 0.25) is 0 Å². The molecule has 2 atom stereocenters. The number of hydrogen-bond donors (Lipinski definition) is 1. The van der Waals surface area contributed by atoms with E-state index in [9.17, 15) is 0 Å². The largest absolute Gasteiger partial charge is 0.383 e. The Hall–Kier alpha value is -0.160. The average molecular weight is 258 g/mol. The number of methoxy groups -OCH3 is 1. The lowest BCUT2D eigenvalue weighted by atomic mass is 10.1. The van der Waals surface area contributed by atoms with Crippen LogP contribution >= 0.6 is 0 Å². The normalized spacial score (nSPS) is 24.8. The fourth-order valence-corrected chi connectivity index (χ4v) is 2.27. The molecule has 1 aliphatic heterocycles. The molecule has 18 heavy (non-hydrogen) atoms. The highest BCUT2D eigenvalue weighted by atomic mass is 16.5. The van der Waals surface area contributed by atoms with Crippen LogP contribution in [0.4, 0.5) is 0 Å². The van der Waals surface area contributed by atoms with E-state index in [1.54, 1.807) is 7.11 Å². The van der Waals surface area contributed by atoms with Gasteiger partial charge >= 0.3 is 0 Å². The molecule has 1 heterocycles. The van der Waals surface area contributed by atoms with E-state index in [0.29, 0.717) is 12.1 Å². The predicted octanol–water partition coefficient (Wildman–Crippen LogP) is 1.50. The van der Waals surface area contributed by atoms with Crippen molar-refractivity contribution in [3.63, 3.8) is 0 Å². The van der Waals surface area contributed by atoms with Crippen molar-refractivity contribution in [2.24, 2.45) is 0 Å². The number of hydrogen-bond acceptors (Lipinski definition) is 4. The Labute approximate surface area is 112 Å². The summed E-state index contributed by atoms with van der Waals surface area (Å²) in [5.74, 6) is 0. The first kappa shape index (κ1) is 15.9. The highest BCUT2D eigenvalue weighted by Gasteiger charge is 2.24. The molecule has 0 aromatic heterocycles. The van der Waals surface area contributed by atoms with Gasteiger partial charge in [0.2, 0.25) is 0 Å². The molecule has 0 aromatic carbocycles. The fourth-order valence-electron chi connectivity index (χ4n) is 2.27. The Balaban J connectivity index is 2.53. The van der Waals surface area contributed by atoms with E-state index in [0.717, 1.165) is 39.3 Å². The van der Waals surface area contributed by atoms with Crippen molar-refractivity contribution in [2.45, 2.75) is 51.8 Å². The first-order valence-electron chi connectivity index (χ1n) is 7.02. The summed E-state index contributed by atoms with van der Waals surface area (Å²) in [5, 5.41) is 3.58. The summed E-state index contributed by atoms with van der Waals surface area (Å²) in [6, 6.07) is 0.429. The third-order valence-electron chi connectivity index (χ3n) is 3.23. The Morgan fingerprint density at radius 2 is 2.17 bits per heavy atom. The van der Waals surface area contributed by atoms with Gasteiger partial charge in [-0.25, -0.2) is 0 Å². The zero-order valence-corrected chi connectivity index (χ0v) is 12.7. The minimum atomic E-state index is 0.153. The third-order valence-corrected chi connectivity index (χ3v) is 3.23. The molecule has 2 unspecified atom stereocenters. The van der Waals surface area contributed by atoms with Crippen LogP contribution < -0.4 is 5.32 Å². The monoisotopic (exact) mass is 258 g/mol. The zero-order valence-electron chi connectivity index (χ0n) is 12.7. The molecule has 108 valence electrons. The summed E-state index contributed by atoms with van der Waals surface area (Å²) in [4.78, 5) is 2.50. The maximum absolute atomic E-state index is 5.70. The Morgan fingerprint density at radius 3 is 2.78 bits per heavy atom. The first-order chi connectivity index (χ1) is 8.42. The first-order valence-corrected chi connectivity index (χ1v) is 7.02. The van der Waals surface area contributed by atoms with Gasteiger partial charge in [-0.05, 0) is 34.1 Å². The van der Waals surface area contributed by atoms with Crippen LogP contribution in [-0.2, 0) is 9.47 Å². The highest BCUT2D eigenvalue weighted by molar-refractivity contribution is 4.81. The zero-order chi connectivity index (χ0) is 13.6. The van der Waals surface area contributed by atoms with E-state index in [-0.39, 0.29) is 5.54 Å². The topological polar surface area (TPSA) is 33.7 Å². The van der Waals surface area contributed by atoms with E-state index >= 15 is 0 Å². The molecule has 1 rings (SSSR count). The maximum Gasteiger partial charge on any atom is 0.0674 e. The highest BCUT2D eigenvalue weighted by Crippen LogP contribution is 2.10. The Kier molecular flexibility index (Phi) is 6.57. The van der Waals surface area contributed by atoms with Crippen molar-refractivity contribution in [3.05, 3.63) is 0 Å². The quantitative estimate of drug-likeness (QED) is 0.810. The molecule has 0 bridgehead atoms. The molecular weight excluding hydrogens is 228 g/mol. The number of nitrogens with zero attached hydrogens (tertiary/aromatic N) is 1. The second kappa shape index (κ2) is 7.43. The van der Waals surface area contributed by atoms with Gasteiger partial charge < -0.3 is 14.8 Å². The van der Waals surface area contributed by atoms with Gasteiger partial charge in [0, 0.05) is 44.9 Å². The van der Waals surface area contributed by atoms with Gasteiger partial charge in [-0.15, -0.1) is 0 Å². The molecule has 4 heteroatoms. The van der Waals surface area contributed by atoms with E-state index in [4.69, 9.17) is 9.47 Å². The third kappa shape index (κ3) is 6.14. The van der Waals surface area contributed by atoms with Crippen LogP contribution in [-0.4, -0.2) is 62.5 Å². The molecule has 4 nitrogen and oxygen atoms in total. The van der Waals surface area contributed by atoms with Gasteiger partial charge in [0.25, 0.3) is 0 Å². The van der Waals surface area contributed by atoms with Crippen LogP contribution in [0.15, 0.2) is 0 Å². The van der Waals surface area contributed by atoms with Crippen molar-refractivity contribution in [1.29, 1.82) is 0 Å². The number of nitrogens with one attached hydrogen (secondary N) is 1. The minimum absolute atomic E-state index is 0.153. The van der Waals surface area contributed by atoms with Crippen LogP contribution in [0.1, 0.15) is 34.1 Å². The summed E-state index contributed by atoms with van der Waals surface area (Å²) in [5.41, 5.74) is 0.153. The lowest BCUT2D eigenvalue weighted by Crippen LogP contribution is -2.51. The van der Waals surface area contributed by atoms with Crippen LogP contribution in [0, 0.1) is 0 Å². The summed E-state index contributed by atoms with van der Waals surface area (Å²) in [6.07, 6.45) is 1.43. The van der Waals surface area contributed by atoms with Gasteiger partial charge in [0.1, 0.15) is 0 Å². The minimum Gasteiger partial charge on any atom is -0.383 e. The SMILES string of the molecule is COCC(CNC(C)(C)C)N1CCCOC(C)C1. The van der Waals surface area contributed by atoms with Crippen molar-refractivity contribution in [2.75, 3.05) is 40.0 Å². The van der Waals surface area contributed by atoms with E-state index < -0.39 is 0 Å². The second-order valence-corrected chi connectivity index (χ2v) is 6.27. The molecule has 0 spiro atoms. The molecule has 1 N–H and O–H groups in total. The molecule has 0 amide bonds. The summed E-state index contributed by atoms with van der Waals surface area (Å²) >= 11 is 0. The molecule has 1 fully saturated rings. The molecule has 0 aromatic rings. The van der Waals surface area contributed by atoms with Crippen molar-refractivity contribution in [1.82, 2.24) is 10.2 Å². The summed E-state index contributed by atoms with van der Waals surface area (Å²) in [7, 11) is 1.78. The lowest BCUT2D eigenvalue weighted by molar-refractivity contribution is 0.0438. The smallest absolute Gasteiger partial charge is 0.0674 e. The standard InChI is InChI=1S/C14H30N2O2/c1-12-10-16(7-6-8-18-12)13(11-17-5)9-15-14(2,3)4/h12-13,15H,6-11H2,1-5H3. The molecule has 0 saturated carbocycles. The Bertz CT molecular complexity index is 228. The molecule has 1 aliphatic rings. The predicted molar refractivity (Wildman–Crippen MR) is 75.0 cm³/mol. The summed E-state index contributed by atoms with van der Waals surface area (Å²) in [6.45, 7) is 13.5. The van der Waals surface area contributed by atoms with E-state index in [1.807, 2.05) is 0 Å². The maximum atomic E-state index is 5.70. The van der Waals surface area contributed by atoms with Gasteiger partial charge in [-0.2, -0.15) is 0 Å². The van der Waals surface area contributed by atoms with Crippen molar-refractivity contribution < 1.29 is 9.47 Å². The molecule has 0 aliphatic carbocycles.